The van der Waals surface area contributed by atoms with E-state index in [0.717, 1.165) is 17.7 Å². The number of carboxylic acid groups (broad SMARTS) is 1. The van der Waals surface area contributed by atoms with Gasteiger partial charge in [0, 0.05) is 44.8 Å². The molecule has 1 amide bonds. The monoisotopic (exact) mass is 510 g/mol. The van der Waals surface area contributed by atoms with E-state index < -0.39 is 29.6 Å². The summed E-state index contributed by atoms with van der Waals surface area (Å²) in [7, 11) is 0. The second kappa shape index (κ2) is 11.8. The Kier molecular flexibility index (Phi) is 9.04. The number of ether oxygens (including phenoxy) is 2. The second-order valence-electron chi connectivity index (χ2n) is 8.62. The quantitative estimate of drug-likeness (QED) is 0.452. The lowest BCUT2D eigenvalue weighted by molar-refractivity contribution is -0.149. The number of hydrogen-bond donors (Lipinski definition) is 2. The molecule has 190 valence electrons. The highest BCUT2D eigenvalue weighted by Gasteiger charge is 2.56. The fourth-order valence-corrected chi connectivity index (χ4v) is 4.58. The number of carbonyl (C=O) groups excluding carboxylic acids is 1. The molecular weight excluding hydrogens is 482 g/mol. The van der Waals surface area contributed by atoms with Crippen LogP contribution in [0.1, 0.15) is 22.8 Å². The Morgan fingerprint density at radius 1 is 1.14 bits per heavy atom. The molecule has 0 radical (unpaired) electrons. The molecule has 1 heterocycles. The van der Waals surface area contributed by atoms with Gasteiger partial charge >= 0.3 is 5.97 Å². The molecule has 4 rings (SSSR count). The van der Waals surface area contributed by atoms with Crippen LogP contribution in [0.4, 0.5) is 8.78 Å². The fourth-order valence-electron chi connectivity index (χ4n) is 4.58. The number of carboxylic acids is 1. The Morgan fingerprint density at radius 2 is 1.83 bits per heavy atom. The van der Waals surface area contributed by atoms with Crippen molar-refractivity contribution in [3.63, 3.8) is 0 Å². The third-order valence-corrected chi connectivity index (χ3v) is 6.38. The first kappa shape index (κ1) is 26.8. The summed E-state index contributed by atoms with van der Waals surface area (Å²) in [6.45, 7) is 4.33. The number of halogens is 3. The molecule has 1 aliphatic carbocycles. The van der Waals surface area contributed by atoms with Gasteiger partial charge in [0.1, 0.15) is 24.0 Å². The smallest absolute Gasteiger partial charge is 0.333 e. The van der Waals surface area contributed by atoms with Gasteiger partial charge in [0.2, 0.25) is 0 Å². The molecule has 0 bridgehead atoms. The molecule has 10 heteroatoms. The Labute approximate surface area is 208 Å². The number of nitrogens with zero attached hydrogens (tertiary/aromatic N) is 1. The minimum absolute atomic E-state index is 0. The van der Waals surface area contributed by atoms with E-state index in [0.29, 0.717) is 62.9 Å². The highest BCUT2D eigenvalue weighted by Crippen LogP contribution is 2.45. The van der Waals surface area contributed by atoms with Crippen LogP contribution in [0.5, 0.6) is 5.75 Å². The summed E-state index contributed by atoms with van der Waals surface area (Å²) in [5, 5.41) is 12.6. The Bertz CT molecular complexity index is 1030. The summed E-state index contributed by atoms with van der Waals surface area (Å²) in [6.07, 6.45) is -0.567. The topological polar surface area (TPSA) is 88.1 Å². The number of carbonyl (C=O) groups is 2. The SMILES string of the molecule is CCO[C@@H](Cc1ccc(OCCN[C@H]2C3CN(C(=O)c4ccc(F)cc4F)C[C@@H]32)cc1)C(=O)O.Cl. The van der Waals surface area contributed by atoms with E-state index in [1.807, 2.05) is 24.3 Å². The van der Waals surface area contributed by atoms with Crippen LogP contribution in [-0.2, 0) is 16.0 Å². The third kappa shape index (κ3) is 6.48. The van der Waals surface area contributed by atoms with Gasteiger partial charge in [-0.2, -0.15) is 0 Å². The van der Waals surface area contributed by atoms with E-state index in [2.05, 4.69) is 5.32 Å². The van der Waals surface area contributed by atoms with Crippen LogP contribution < -0.4 is 10.1 Å². The van der Waals surface area contributed by atoms with Gasteiger partial charge in [0.05, 0.1) is 5.56 Å². The number of piperidine rings is 1. The predicted molar refractivity (Wildman–Crippen MR) is 127 cm³/mol. The van der Waals surface area contributed by atoms with Gasteiger partial charge in [-0.05, 0) is 48.6 Å². The minimum atomic E-state index is -0.979. The summed E-state index contributed by atoms with van der Waals surface area (Å²) in [6, 6.07) is 10.6. The van der Waals surface area contributed by atoms with Crippen molar-refractivity contribution in [1.29, 1.82) is 0 Å². The molecular formula is C25H29ClF2N2O5. The average Bonchev–Trinajstić information content (AvgIpc) is 3.24. The predicted octanol–water partition coefficient (Wildman–Crippen LogP) is 3.16. The molecule has 2 fully saturated rings. The Hall–Kier alpha value is -2.75. The molecule has 1 aliphatic heterocycles. The fraction of sp³-hybridized carbons (Fsp3) is 0.440. The first-order chi connectivity index (χ1) is 16.4. The van der Waals surface area contributed by atoms with Crippen molar-refractivity contribution in [3.8, 4) is 5.75 Å². The zero-order valence-corrected chi connectivity index (χ0v) is 20.1. The Balaban J connectivity index is 0.00000342. The van der Waals surface area contributed by atoms with Crippen LogP contribution >= 0.6 is 12.4 Å². The molecule has 0 spiro atoms. The number of hydrogen-bond acceptors (Lipinski definition) is 5. The van der Waals surface area contributed by atoms with Crippen molar-refractivity contribution in [2.24, 2.45) is 11.8 Å². The van der Waals surface area contributed by atoms with E-state index in [1.165, 1.54) is 6.07 Å². The maximum absolute atomic E-state index is 13.9. The maximum Gasteiger partial charge on any atom is 0.333 e. The van der Waals surface area contributed by atoms with E-state index in [4.69, 9.17) is 9.47 Å². The van der Waals surface area contributed by atoms with Crippen molar-refractivity contribution < 1.29 is 33.0 Å². The number of nitrogens with one attached hydrogen (secondary N) is 1. The van der Waals surface area contributed by atoms with Crippen LogP contribution in [0.2, 0.25) is 0 Å². The van der Waals surface area contributed by atoms with Crippen molar-refractivity contribution in [2.45, 2.75) is 25.5 Å². The van der Waals surface area contributed by atoms with Crippen LogP contribution in [-0.4, -0.2) is 66.9 Å². The van der Waals surface area contributed by atoms with E-state index in [9.17, 15) is 23.5 Å². The number of benzene rings is 2. The molecule has 1 saturated carbocycles. The van der Waals surface area contributed by atoms with Crippen LogP contribution in [0.3, 0.4) is 0 Å². The van der Waals surface area contributed by atoms with Gasteiger partial charge in [-0.3, -0.25) is 4.79 Å². The zero-order chi connectivity index (χ0) is 24.2. The van der Waals surface area contributed by atoms with Crippen LogP contribution in [0.25, 0.3) is 0 Å². The third-order valence-electron chi connectivity index (χ3n) is 6.38. The van der Waals surface area contributed by atoms with Gasteiger partial charge < -0.3 is 24.8 Å². The van der Waals surface area contributed by atoms with Gasteiger partial charge in [0.15, 0.2) is 6.10 Å². The highest BCUT2D eigenvalue weighted by molar-refractivity contribution is 5.94. The average molecular weight is 511 g/mol. The molecule has 7 nitrogen and oxygen atoms in total. The maximum atomic E-state index is 13.9. The molecule has 4 atom stereocenters. The van der Waals surface area contributed by atoms with Crippen LogP contribution in [0, 0.1) is 23.5 Å². The molecule has 2 aliphatic rings. The zero-order valence-electron chi connectivity index (χ0n) is 19.3. The van der Waals surface area contributed by atoms with Gasteiger partial charge in [0.25, 0.3) is 5.91 Å². The Morgan fingerprint density at radius 3 is 2.43 bits per heavy atom. The molecule has 2 aromatic carbocycles. The van der Waals surface area contributed by atoms with E-state index in [1.54, 1.807) is 11.8 Å². The lowest BCUT2D eigenvalue weighted by Crippen LogP contribution is -2.36. The van der Waals surface area contributed by atoms with Crippen molar-refractivity contribution >= 4 is 24.3 Å². The molecule has 1 saturated heterocycles. The van der Waals surface area contributed by atoms with Gasteiger partial charge in [-0.1, -0.05) is 12.1 Å². The summed E-state index contributed by atoms with van der Waals surface area (Å²) in [4.78, 5) is 25.3. The molecule has 0 aromatic heterocycles. The lowest BCUT2D eigenvalue weighted by atomic mass is 10.1. The number of rotatable bonds is 11. The molecule has 2 N–H and O–H groups in total. The molecule has 1 unspecified atom stereocenters. The highest BCUT2D eigenvalue weighted by atomic mass is 35.5. The first-order valence-corrected chi connectivity index (χ1v) is 11.4. The number of likely N-dealkylation sites (tertiary alicyclic amines) is 1. The van der Waals surface area contributed by atoms with Crippen LogP contribution in [0.15, 0.2) is 42.5 Å². The van der Waals surface area contributed by atoms with Gasteiger partial charge in [-0.15, -0.1) is 12.4 Å². The normalized spacial score (nSPS) is 21.1. The number of aliphatic carboxylic acids is 1. The molecule has 2 aromatic rings. The van der Waals surface area contributed by atoms with Crippen molar-refractivity contribution in [1.82, 2.24) is 10.2 Å². The number of amides is 1. The van der Waals surface area contributed by atoms with E-state index in [-0.39, 0.29) is 18.0 Å². The second-order valence-corrected chi connectivity index (χ2v) is 8.62. The summed E-state index contributed by atoms with van der Waals surface area (Å²) >= 11 is 0. The lowest BCUT2D eigenvalue weighted by Gasteiger charge is -2.20. The number of fused-ring (bicyclic) bond motifs is 1. The summed E-state index contributed by atoms with van der Waals surface area (Å²) < 4.78 is 37.9. The largest absolute Gasteiger partial charge is 0.492 e. The van der Waals surface area contributed by atoms with Crippen molar-refractivity contribution in [3.05, 3.63) is 65.2 Å². The van der Waals surface area contributed by atoms with Crippen molar-refractivity contribution in [2.75, 3.05) is 32.8 Å². The molecule has 35 heavy (non-hydrogen) atoms. The summed E-state index contributed by atoms with van der Waals surface area (Å²) in [5.74, 6) is -1.55. The minimum Gasteiger partial charge on any atom is -0.492 e. The first-order valence-electron chi connectivity index (χ1n) is 11.4. The van der Waals surface area contributed by atoms with E-state index >= 15 is 0 Å². The summed E-state index contributed by atoms with van der Waals surface area (Å²) in [5.41, 5.74) is 0.764. The van der Waals surface area contributed by atoms with Gasteiger partial charge in [-0.25, -0.2) is 13.6 Å². The standard InChI is InChI=1S/C25H28F2N2O5.ClH/c1-2-33-22(25(31)32)11-15-3-6-17(7-4-15)34-10-9-28-23-19-13-29(14-20(19)23)24(30)18-8-5-16(26)12-21(18)27;/h3-8,12,19-20,22-23,28H,2,9-11,13-14H2,1H3,(H,31,32);1H/t19-,20?,22-,23+;/m0./s1.